The van der Waals surface area contributed by atoms with Crippen molar-refractivity contribution >= 4 is 0 Å². The maximum absolute atomic E-state index is 13.7. The second kappa shape index (κ2) is 8.48. The number of hydrogen-bond donors (Lipinski definition) is 1. The number of ether oxygens (including phenoxy) is 1. The Bertz CT molecular complexity index is 700. The van der Waals surface area contributed by atoms with Crippen LogP contribution in [-0.2, 0) is 6.42 Å². The van der Waals surface area contributed by atoms with E-state index < -0.39 is 0 Å². The molecule has 0 amide bonds. The molecule has 0 heterocycles. The molecule has 1 N–H and O–H groups in total. The first-order valence-electron chi connectivity index (χ1n) is 9.34. The van der Waals surface area contributed by atoms with Gasteiger partial charge in [0, 0.05) is 6.54 Å². The highest BCUT2D eigenvalue weighted by Crippen LogP contribution is 2.41. The highest BCUT2D eigenvalue weighted by atomic mass is 19.1. The third kappa shape index (κ3) is 4.21. The molecular weight excluding hydrogens is 313 g/mol. The topological polar surface area (TPSA) is 21.3 Å². The molecule has 0 radical (unpaired) electrons. The van der Waals surface area contributed by atoms with Crippen LogP contribution >= 0.6 is 0 Å². The van der Waals surface area contributed by atoms with E-state index in [4.69, 9.17) is 4.74 Å². The monoisotopic (exact) mass is 341 g/mol. The quantitative estimate of drug-likeness (QED) is 0.762. The first kappa shape index (κ1) is 17.9. The molecule has 25 heavy (non-hydrogen) atoms. The lowest BCUT2D eigenvalue weighted by molar-refractivity contribution is 0.397. The summed E-state index contributed by atoms with van der Waals surface area (Å²) in [6, 6.07) is 13.5. The molecule has 0 saturated carbocycles. The fraction of sp³-hybridized carbons (Fsp3) is 0.455. The van der Waals surface area contributed by atoms with Gasteiger partial charge in [-0.1, -0.05) is 31.2 Å². The molecule has 2 aromatic rings. The molecule has 3 rings (SSSR count). The summed E-state index contributed by atoms with van der Waals surface area (Å²) in [5.74, 6) is 1.68. The van der Waals surface area contributed by atoms with Crippen LogP contribution in [0.1, 0.15) is 54.7 Å². The highest BCUT2D eigenvalue weighted by molar-refractivity contribution is 5.44. The van der Waals surface area contributed by atoms with Crippen LogP contribution in [0.2, 0.25) is 0 Å². The van der Waals surface area contributed by atoms with Crippen LogP contribution in [0.5, 0.6) is 5.75 Å². The van der Waals surface area contributed by atoms with Gasteiger partial charge in [-0.2, -0.15) is 0 Å². The number of methoxy groups -OCH3 is 1. The number of likely N-dealkylation sites (N-methyl/N-ethyl adjacent to an activating group) is 1. The Hall–Kier alpha value is -1.87. The van der Waals surface area contributed by atoms with Crippen LogP contribution in [0.15, 0.2) is 42.5 Å². The smallest absolute Gasteiger partial charge is 0.123 e. The molecule has 134 valence electrons. The lowest BCUT2D eigenvalue weighted by atomic mass is 9.76. The summed E-state index contributed by atoms with van der Waals surface area (Å²) in [6.45, 7) is 3.93. The van der Waals surface area contributed by atoms with E-state index in [-0.39, 0.29) is 5.82 Å². The van der Waals surface area contributed by atoms with E-state index in [9.17, 15) is 4.39 Å². The van der Waals surface area contributed by atoms with E-state index in [1.807, 2.05) is 6.07 Å². The standard InChI is InChI=1S/C22H28FNO/c1-3-24-15-18(16-7-4-9-19(23)14-16)13-17-8-5-11-21-20(17)10-6-12-22(21)25-2/h4,6-7,9-10,12,14,17-18,24H,3,5,8,11,13,15H2,1-2H3. The lowest BCUT2D eigenvalue weighted by Gasteiger charge is -2.30. The van der Waals surface area contributed by atoms with Gasteiger partial charge < -0.3 is 10.1 Å². The second-order valence-corrected chi connectivity index (χ2v) is 6.91. The Balaban J connectivity index is 1.86. The highest BCUT2D eigenvalue weighted by Gasteiger charge is 2.26. The molecular formula is C22H28FNO. The summed E-state index contributed by atoms with van der Waals surface area (Å²) < 4.78 is 19.3. The summed E-state index contributed by atoms with van der Waals surface area (Å²) in [5.41, 5.74) is 3.88. The first-order chi connectivity index (χ1) is 12.2. The normalized spacial score (nSPS) is 17.8. The molecule has 0 aliphatic heterocycles. The number of fused-ring (bicyclic) bond motifs is 1. The molecule has 2 atom stereocenters. The van der Waals surface area contributed by atoms with Crippen molar-refractivity contribution in [3.05, 3.63) is 65.0 Å². The minimum Gasteiger partial charge on any atom is -0.496 e. The van der Waals surface area contributed by atoms with Gasteiger partial charge in [-0.25, -0.2) is 4.39 Å². The fourth-order valence-electron chi connectivity index (χ4n) is 4.11. The van der Waals surface area contributed by atoms with Gasteiger partial charge in [0.2, 0.25) is 0 Å². The number of rotatable bonds is 7. The van der Waals surface area contributed by atoms with Crippen molar-refractivity contribution < 1.29 is 9.13 Å². The number of halogens is 1. The lowest BCUT2D eigenvalue weighted by Crippen LogP contribution is -2.24. The minimum atomic E-state index is -0.148. The minimum absolute atomic E-state index is 0.148. The van der Waals surface area contributed by atoms with Crippen LogP contribution in [0.25, 0.3) is 0 Å². The van der Waals surface area contributed by atoms with Gasteiger partial charge in [0.1, 0.15) is 11.6 Å². The predicted octanol–water partition coefficient (Wildman–Crippen LogP) is 5.04. The largest absolute Gasteiger partial charge is 0.496 e. The van der Waals surface area contributed by atoms with Crippen molar-refractivity contribution in [3.63, 3.8) is 0 Å². The molecule has 1 aliphatic rings. The molecule has 0 aromatic heterocycles. The van der Waals surface area contributed by atoms with Gasteiger partial charge in [-0.05, 0) is 79.0 Å². The Morgan fingerprint density at radius 3 is 2.84 bits per heavy atom. The maximum atomic E-state index is 13.7. The van der Waals surface area contributed by atoms with E-state index in [2.05, 4.69) is 36.5 Å². The Labute approximate surface area is 150 Å². The van der Waals surface area contributed by atoms with Crippen LogP contribution in [-0.4, -0.2) is 20.2 Å². The van der Waals surface area contributed by atoms with E-state index in [1.165, 1.54) is 30.0 Å². The van der Waals surface area contributed by atoms with E-state index in [1.54, 1.807) is 13.2 Å². The third-order valence-electron chi connectivity index (χ3n) is 5.34. The van der Waals surface area contributed by atoms with Gasteiger partial charge in [0.05, 0.1) is 7.11 Å². The number of hydrogen-bond acceptors (Lipinski definition) is 2. The molecule has 0 saturated heterocycles. The van der Waals surface area contributed by atoms with Crippen molar-refractivity contribution in [1.82, 2.24) is 5.32 Å². The van der Waals surface area contributed by atoms with E-state index in [0.29, 0.717) is 11.8 Å². The number of benzene rings is 2. The van der Waals surface area contributed by atoms with Gasteiger partial charge in [-0.3, -0.25) is 0 Å². The summed E-state index contributed by atoms with van der Waals surface area (Å²) in [4.78, 5) is 0. The second-order valence-electron chi connectivity index (χ2n) is 6.91. The summed E-state index contributed by atoms with van der Waals surface area (Å²) in [5, 5.41) is 3.46. The Morgan fingerprint density at radius 2 is 2.08 bits per heavy atom. The van der Waals surface area contributed by atoms with Crippen molar-refractivity contribution in [2.75, 3.05) is 20.2 Å². The SMILES string of the molecule is CCNCC(CC1CCCc2c(OC)cccc21)c1cccc(F)c1. The van der Waals surface area contributed by atoms with Gasteiger partial charge in [0.25, 0.3) is 0 Å². The van der Waals surface area contributed by atoms with Crippen molar-refractivity contribution in [3.8, 4) is 5.75 Å². The summed E-state index contributed by atoms with van der Waals surface area (Å²) >= 11 is 0. The summed E-state index contributed by atoms with van der Waals surface area (Å²) in [6.07, 6.45) is 4.51. The van der Waals surface area contributed by atoms with Crippen molar-refractivity contribution in [2.24, 2.45) is 0 Å². The predicted molar refractivity (Wildman–Crippen MR) is 101 cm³/mol. The van der Waals surface area contributed by atoms with Gasteiger partial charge in [0.15, 0.2) is 0 Å². The molecule has 1 aliphatic carbocycles. The first-order valence-corrected chi connectivity index (χ1v) is 9.34. The van der Waals surface area contributed by atoms with Crippen molar-refractivity contribution in [2.45, 2.75) is 44.4 Å². The molecule has 2 aromatic carbocycles. The van der Waals surface area contributed by atoms with Gasteiger partial charge >= 0.3 is 0 Å². The summed E-state index contributed by atoms with van der Waals surface area (Å²) in [7, 11) is 1.75. The van der Waals surface area contributed by atoms with Crippen LogP contribution < -0.4 is 10.1 Å². The zero-order chi connectivity index (χ0) is 17.6. The zero-order valence-corrected chi connectivity index (χ0v) is 15.2. The molecule has 2 unspecified atom stereocenters. The fourth-order valence-corrected chi connectivity index (χ4v) is 4.11. The van der Waals surface area contributed by atoms with E-state index >= 15 is 0 Å². The average molecular weight is 341 g/mol. The average Bonchev–Trinajstić information content (AvgIpc) is 2.64. The molecule has 2 nitrogen and oxygen atoms in total. The number of nitrogens with one attached hydrogen (secondary N) is 1. The van der Waals surface area contributed by atoms with Crippen LogP contribution in [0.4, 0.5) is 4.39 Å². The van der Waals surface area contributed by atoms with E-state index in [0.717, 1.165) is 37.2 Å². The zero-order valence-electron chi connectivity index (χ0n) is 15.2. The third-order valence-corrected chi connectivity index (χ3v) is 5.34. The Kier molecular flexibility index (Phi) is 6.09. The van der Waals surface area contributed by atoms with Gasteiger partial charge in [-0.15, -0.1) is 0 Å². The molecule has 3 heteroatoms. The Morgan fingerprint density at radius 1 is 1.24 bits per heavy atom. The maximum Gasteiger partial charge on any atom is 0.123 e. The van der Waals surface area contributed by atoms with Crippen molar-refractivity contribution in [1.29, 1.82) is 0 Å². The van der Waals surface area contributed by atoms with Crippen LogP contribution in [0.3, 0.4) is 0 Å². The molecule has 0 fully saturated rings. The molecule has 0 spiro atoms. The molecule has 0 bridgehead atoms. The van der Waals surface area contributed by atoms with Crippen LogP contribution in [0, 0.1) is 5.82 Å².